The van der Waals surface area contributed by atoms with Crippen molar-refractivity contribution >= 4 is 11.3 Å². The van der Waals surface area contributed by atoms with Gasteiger partial charge in [0.2, 0.25) is 0 Å². The molecule has 1 N–H and O–H groups in total. The highest BCUT2D eigenvalue weighted by Gasteiger charge is 2.28. The van der Waals surface area contributed by atoms with E-state index < -0.39 is 0 Å². The fourth-order valence-corrected chi connectivity index (χ4v) is 3.84. The molecule has 17 heavy (non-hydrogen) atoms. The van der Waals surface area contributed by atoms with Gasteiger partial charge in [-0.25, -0.2) is 0 Å². The first kappa shape index (κ1) is 13.1. The fourth-order valence-electron chi connectivity index (χ4n) is 3.16. The van der Waals surface area contributed by atoms with Crippen LogP contribution in [0.4, 0.5) is 0 Å². The molecule has 0 spiro atoms. The van der Waals surface area contributed by atoms with Gasteiger partial charge in [0.25, 0.3) is 0 Å². The average Bonchev–Trinajstić information content (AvgIpc) is 2.76. The summed E-state index contributed by atoms with van der Waals surface area (Å²) in [5.74, 6) is 1.67. The van der Waals surface area contributed by atoms with Gasteiger partial charge in [0.15, 0.2) is 0 Å². The van der Waals surface area contributed by atoms with Crippen LogP contribution in [0.15, 0.2) is 16.8 Å². The number of hydrogen-bond donors (Lipinski definition) is 1. The number of thiophene rings is 1. The number of hydrogen-bond acceptors (Lipinski definition) is 2. The highest BCUT2D eigenvalue weighted by Crippen LogP contribution is 2.29. The van der Waals surface area contributed by atoms with E-state index in [1.165, 1.54) is 31.2 Å². The van der Waals surface area contributed by atoms with E-state index >= 15 is 0 Å². The van der Waals surface area contributed by atoms with Gasteiger partial charge in [0, 0.05) is 12.1 Å². The first-order chi connectivity index (χ1) is 8.16. The van der Waals surface area contributed by atoms with Gasteiger partial charge in [0.05, 0.1) is 0 Å². The van der Waals surface area contributed by atoms with Gasteiger partial charge in [-0.15, -0.1) is 0 Å². The lowest BCUT2D eigenvalue weighted by molar-refractivity contribution is 0.195. The minimum Gasteiger partial charge on any atom is -0.311 e. The second-order valence-electron chi connectivity index (χ2n) is 5.81. The van der Waals surface area contributed by atoms with Crippen molar-refractivity contribution in [3.05, 3.63) is 22.4 Å². The quantitative estimate of drug-likeness (QED) is 0.850. The van der Waals surface area contributed by atoms with Crippen LogP contribution in [0.2, 0.25) is 0 Å². The summed E-state index contributed by atoms with van der Waals surface area (Å²) in [6.45, 7) is 7.14. The Labute approximate surface area is 110 Å². The maximum atomic E-state index is 3.86. The van der Waals surface area contributed by atoms with Gasteiger partial charge in [-0.3, -0.25) is 0 Å². The van der Waals surface area contributed by atoms with E-state index in [0.717, 1.165) is 17.9 Å². The van der Waals surface area contributed by atoms with Gasteiger partial charge in [-0.2, -0.15) is 11.3 Å². The maximum Gasteiger partial charge on any atom is 0.0121 e. The molecule has 0 radical (unpaired) electrons. The SMILES string of the molecule is CC(Cc1ccsc1)NC1C(C)CCCC1C. The summed E-state index contributed by atoms with van der Waals surface area (Å²) in [4.78, 5) is 0. The zero-order valence-electron chi connectivity index (χ0n) is 11.3. The summed E-state index contributed by atoms with van der Waals surface area (Å²) in [7, 11) is 0. The zero-order valence-corrected chi connectivity index (χ0v) is 12.1. The normalized spacial score (nSPS) is 31.4. The van der Waals surface area contributed by atoms with Gasteiger partial charge < -0.3 is 5.32 Å². The lowest BCUT2D eigenvalue weighted by Crippen LogP contribution is -2.47. The fraction of sp³-hybridized carbons (Fsp3) is 0.733. The molecule has 2 rings (SSSR count). The Hall–Kier alpha value is -0.340. The Balaban J connectivity index is 1.86. The molecule has 1 aromatic heterocycles. The summed E-state index contributed by atoms with van der Waals surface area (Å²) in [5, 5.41) is 8.31. The topological polar surface area (TPSA) is 12.0 Å². The van der Waals surface area contributed by atoms with Crippen LogP contribution in [0, 0.1) is 11.8 Å². The molecule has 0 aliphatic heterocycles. The Bertz CT molecular complexity index is 310. The third kappa shape index (κ3) is 3.56. The minimum atomic E-state index is 0.595. The van der Waals surface area contributed by atoms with Crippen molar-refractivity contribution in [2.24, 2.45) is 11.8 Å². The minimum absolute atomic E-state index is 0.595. The molecular weight excluding hydrogens is 226 g/mol. The smallest absolute Gasteiger partial charge is 0.0121 e. The maximum absolute atomic E-state index is 3.86. The average molecular weight is 251 g/mol. The summed E-state index contributed by atoms with van der Waals surface area (Å²) < 4.78 is 0. The van der Waals surface area contributed by atoms with E-state index in [0.29, 0.717) is 6.04 Å². The molecule has 1 nitrogen and oxygen atoms in total. The molecule has 3 unspecified atom stereocenters. The van der Waals surface area contributed by atoms with Crippen LogP contribution in [0.25, 0.3) is 0 Å². The second kappa shape index (κ2) is 6.01. The monoisotopic (exact) mass is 251 g/mol. The lowest BCUT2D eigenvalue weighted by atomic mass is 9.78. The Kier molecular flexibility index (Phi) is 4.63. The molecule has 1 aliphatic carbocycles. The third-order valence-electron chi connectivity index (χ3n) is 4.14. The highest BCUT2D eigenvalue weighted by atomic mass is 32.1. The van der Waals surface area contributed by atoms with E-state index in [4.69, 9.17) is 0 Å². The summed E-state index contributed by atoms with van der Waals surface area (Å²) in [6.07, 6.45) is 5.37. The summed E-state index contributed by atoms with van der Waals surface area (Å²) >= 11 is 1.80. The van der Waals surface area contributed by atoms with Crippen LogP contribution in [-0.4, -0.2) is 12.1 Å². The van der Waals surface area contributed by atoms with E-state index in [9.17, 15) is 0 Å². The molecule has 2 heteroatoms. The van der Waals surface area contributed by atoms with Crippen molar-refractivity contribution in [2.45, 2.75) is 58.5 Å². The van der Waals surface area contributed by atoms with Crippen LogP contribution in [0.3, 0.4) is 0 Å². The number of rotatable bonds is 4. The molecule has 0 aromatic carbocycles. The predicted molar refractivity (Wildman–Crippen MR) is 76.6 cm³/mol. The van der Waals surface area contributed by atoms with Crippen LogP contribution in [-0.2, 0) is 6.42 Å². The molecule has 1 aliphatic rings. The zero-order chi connectivity index (χ0) is 12.3. The van der Waals surface area contributed by atoms with Gasteiger partial charge in [-0.1, -0.05) is 20.3 Å². The van der Waals surface area contributed by atoms with Crippen molar-refractivity contribution < 1.29 is 0 Å². The summed E-state index contributed by atoms with van der Waals surface area (Å²) in [6, 6.07) is 3.56. The predicted octanol–water partition coefficient (Wildman–Crippen LogP) is 4.09. The van der Waals surface area contributed by atoms with Gasteiger partial charge in [0.1, 0.15) is 0 Å². The van der Waals surface area contributed by atoms with Crippen molar-refractivity contribution in [3.63, 3.8) is 0 Å². The highest BCUT2D eigenvalue weighted by molar-refractivity contribution is 7.07. The Morgan fingerprint density at radius 3 is 2.65 bits per heavy atom. The van der Waals surface area contributed by atoms with E-state index in [2.05, 4.69) is 42.9 Å². The van der Waals surface area contributed by atoms with E-state index in [-0.39, 0.29) is 0 Å². The number of nitrogens with one attached hydrogen (secondary N) is 1. The molecule has 1 fully saturated rings. The summed E-state index contributed by atoms with van der Waals surface area (Å²) in [5.41, 5.74) is 1.48. The molecular formula is C15H25NS. The molecule has 3 atom stereocenters. The van der Waals surface area contributed by atoms with Crippen LogP contribution in [0.5, 0.6) is 0 Å². The lowest BCUT2D eigenvalue weighted by Gasteiger charge is -2.37. The third-order valence-corrected chi connectivity index (χ3v) is 4.88. The molecule has 1 heterocycles. The van der Waals surface area contributed by atoms with Gasteiger partial charge >= 0.3 is 0 Å². The largest absolute Gasteiger partial charge is 0.311 e. The standard InChI is InChI=1S/C15H25NS/c1-11-5-4-6-12(2)15(11)16-13(3)9-14-7-8-17-10-14/h7-8,10-13,15-16H,4-6,9H2,1-3H3. The molecule has 96 valence electrons. The second-order valence-corrected chi connectivity index (χ2v) is 6.59. The first-order valence-electron chi connectivity index (χ1n) is 6.94. The van der Waals surface area contributed by atoms with Crippen LogP contribution >= 0.6 is 11.3 Å². The van der Waals surface area contributed by atoms with Gasteiger partial charge in [-0.05, 0) is 60.4 Å². The van der Waals surface area contributed by atoms with E-state index in [1.807, 2.05) is 0 Å². The molecule has 1 aromatic rings. The molecule has 0 amide bonds. The van der Waals surface area contributed by atoms with Crippen molar-refractivity contribution in [2.75, 3.05) is 0 Å². The van der Waals surface area contributed by atoms with Crippen LogP contribution < -0.4 is 5.32 Å². The van der Waals surface area contributed by atoms with E-state index in [1.54, 1.807) is 11.3 Å². The molecule has 0 saturated heterocycles. The molecule has 0 bridgehead atoms. The van der Waals surface area contributed by atoms with Crippen molar-refractivity contribution in [3.8, 4) is 0 Å². The van der Waals surface area contributed by atoms with Crippen molar-refractivity contribution in [1.82, 2.24) is 5.32 Å². The van der Waals surface area contributed by atoms with Crippen LogP contribution in [0.1, 0.15) is 45.6 Å². The Morgan fingerprint density at radius 1 is 1.35 bits per heavy atom. The first-order valence-corrected chi connectivity index (χ1v) is 7.88. The Morgan fingerprint density at radius 2 is 2.06 bits per heavy atom. The van der Waals surface area contributed by atoms with Crippen molar-refractivity contribution in [1.29, 1.82) is 0 Å². The molecule has 1 saturated carbocycles.